The average molecular weight is 501 g/mol. The lowest BCUT2D eigenvalue weighted by Gasteiger charge is -2.54. The highest BCUT2D eigenvalue weighted by Crippen LogP contribution is 2.49. The summed E-state index contributed by atoms with van der Waals surface area (Å²) in [5.74, 6) is 0.877. The van der Waals surface area contributed by atoms with Crippen molar-refractivity contribution in [2.75, 3.05) is 10.2 Å². The van der Waals surface area contributed by atoms with Gasteiger partial charge in [0.2, 0.25) is 0 Å². The maximum atomic E-state index is 4.84. The van der Waals surface area contributed by atoms with Gasteiger partial charge in [-0.3, -0.25) is 4.98 Å². The van der Waals surface area contributed by atoms with E-state index in [1.165, 1.54) is 11.4 Å². The second-order valence-electron chi connectivity index (χ2n) is 10.1. The number of para-hydroxylation sites is 2. The fourth-order valence-corrected chi connectivity index (χ4v) is 5.89. The fourth-order valence-electron chi connectivity index (χ4n) is 5.89. The maximum absolute atomic E-state index is 4.84. The van der Waals surface area contributed by atoms with Crippen molar-refractivity contribution in [3.8, 4) is 11.3 Å². The van der Waals surface area contributed by atoms with E-state index in [9.17, 15) is 0 Å². The van der Waals surface area contributed by atoms with Gasteiger partial charge in [0.25, 0.3) is 0 Å². The topological polar surface area (TPSA) is 41.1 Å². The van der Waals surface area contributed by atoms with Gasteiger partial charge in [0.15, 0.2) is 0 Å². The van der Waals surface area contributed by atoms with Crippen LogP contribution in [0.3, 0.4) is 0 Å². The summed E-state index contributed by atoms with van der Waals surface area (Å²) >= 11 is 0. The van der Waals surface area contributed by atoms with Gasteiger partial charge in [-0.05, 0) is 61.4 Å². The lowest BCUT2D eigenvalue weighted by atomic mass is 9.61. The first-order valence-corrected chi connectivity index (χ1v) is 13.5. The number of anilines is 3. The molecule has 1 N–H and O–H groups in total. The predicted octanol–water partition coefficient (Wildman–Crippen LogP) is 8.45. The van der Waals surface area contributed by atoms with Gasteiger partial charge < -0.3 is 10.2 Å². The van der Waals surface area contributed by atoms with Crippen LogP contribution in [0.25, 0.3) is 11.3 Å². The summed E-state index contributed by atoms with van der Waals surface area (Å²) in [7, 11) is 0. The number of nitrogens with zero attached hydrogens (tertiary/aromatic N) is 3. The van der Waals surface area contributed by atoms with Crippen molar-refractivity contribution in [3.05, 3.63) is 128 Å². The second-order valence-corrected chi connectivity index (χ2v) is 10.1. The number of pyridine rings is 2. The number of hydrogen-bond acceptors (Lipinski definition) is 4. The Bertz CT molecular complexity index is 1320. The quantitative estimate of drug-likeness (QED) is 0.250. The van der Waals surface area contributed by atoms with Crippen molar-refractivity contribution in [3.63, 3.8) is 0 Å². The molecule has 5 rings (SSSR count). The molecule has 2 aromatic heterocycles. The molecule has 0 saturated carbocycles. The van der Waals surface area contributed by atoms with Crippen molar-refractivity contribution in [2.45, 2.75) is 45.2 Å². The first kappa shape index (κ1) is 25.5. The van der Waals surface area contributed by atoms with Crippen molar-refractivity contribution >= 4 is 17.2 Å². The molecule has 0 radical (unpaired) electrons. The number of benzene rings is 2. The highest BCUT2D eigenvalue weighted by molar-refractivity contribution is 5.67. The van der Waals surface area contributed by atoms with Gasteiger partial charge in [-0.25, -0.2) is 4.98 Å². The summed E-state index contributed by atoms with van der Waals surface area (Å²) in [5.41, 5.74) is 3.79. The summed E-state index contributed by atoms with van der Waals surface area (Å²) in [6.07, 6.45) is 14.7. The van der Waals surface area contributed by atoms with Crippen LogP contribution in [-0.4, -0.2) is 21.5 Å². The number of nitrogens with one attached hydrogen (secondary N) is 1. The molecule has 1 aliphatic rings. The molecular formula is C34H36N4. The summed E-state index contributed by atoms with van der Waals surface area (Å²) in [4.78, 5) is 11.8. The van der Waals surface area contributed by atoms with Gasteiger partial charge in [-0.1, -0.05) is 87.5 Å². The SMILES string of the molecule is CCC(CC)(Nc1ccc(-c2ccccn2)cn1)C1(C)C=CC=CC1N(c1ccccc1)c1ccccc1. The Morgan fingerprint density at radius 1 is 0.789 bits per heavy atom. The molecule has 0 saturated heterocycles. The molecule has 2 heterocycles. The number of allylic oxidation sites excluding steroid dienone is 2. The van der Waals surface area contributed by atoms with Gasteiger partial charge in [-0.2, -0.15) is 0 Å². The van der Waals surface area contributed by atoms with Crippen LogP contribution in [0, 0.1) is 5.41 Å². The molecule has 0 bridgehead atoms. The maximum Gasteiger partial charge on any atom is 0.126 e. The summed E-state index contributed by atoms with van der Waals surface area (Å²) in [6.45, 7) is 6.95. The van der Waals surface area contributed by atoms with Crippen LogP contribution in [0.1, 0.15) is 33.6 Å². The summed E-state index contributed by atoms with van der Waals surface area (Å²) in [5, 5.41) is 3.93. The van der Waals surface area contributed by atoms with E-state index in [0.717, 1.165) is 29.9 Å². The summed E-state index contributed by atoms with van der Waals surface area (Å²) < 4.78 is 0. The van der Waals surface area contributed by atoms with Crippen LogP contribution < -0.4 is 10.2 Å². The zero-order chi connectivity index (χ0) is 26.4. The Balaban J connectivity index is 1.55. The van der Waals surface area contributed by atoms with E-state index in [4.69, 9.17) is 4.98 Å². The lowest BCUT2D eigenvalue weighted by Crippen LogP contribution is -2.60. The summed E-state index contributed by atoms with van der Waals surface area (Å²) in [6, 6.07) is 31.6. The molecule has 4 aromatic rings. The van der Waals surface area contributed by atoms with Crippen molar-refractivity contribution < 1.29 is 0 Å². The molecule has 192 valence electrons. The zero-order valence-electron chi connectivity index (χ0n) is 22.5. The molecule has 2 atom stereocenters. The minimum atomic E-state index is -0.252. The van der Waals surface area contributed by atoms with E-state index >= 15 is 0 Å². The molecule has 2 aromatic carbocycles. The third-order valence-electron chi connectivity index (χ3n) is 8.14. The first-order valence-electron chi connectivity index (χ1n) is 13.5. The Hall–Kier alpha value is -4.18. The standard InChI is InChI=1S/C34H36N4/c1-4-34(5-2,37-32-23-22-27(26-36-32)30-20-13-15-25-35-30)33(3)24-14-12-21-31(33)38(28-16-8-6-9-17-28)29-18-10-7-11-19-29/h6-26,31H,4-5H2,1-3H3,(H,36,37). The monoisotopic (exact) mass is 500 g/mol. The van der Waals surface area contributed by atoms with Crippen LogP contribution in [0.15, 0.2) is 128 Å². The van der Waals surface area contributed by atoms with Gasteiger partial charge in [0.1, 0.15) is 5.82 Å². The van der Waals surface area contributed by atoms with Crippen molar-refractivity contribution in [1.82, 2.24) is 9.97 Å². The second kappa shape index (κ2) is 11.1. The first-order chi connectivity index (χ1) is 18.6. The third kappa shape index (κ3) is 4.74. The largest absolute Gasteiger partial charge is 0.364 e. The van der Waals surface area contributed by atoms with E-state index in [1.807, 2.05) is 30.6 Å². The van der Waals surface area contributed by atoms with E-state index in [1.54, 1.807) is 0 Å². The zero-order valence-corrected chi connectivity index (χ0v) is 22.5. The Labute approximate surface area is 226 Å². The molecule has 0 spiro atoms. The molecular weight excluding hydrogens is 464 g/mol. The number of rotatable bonds is 9. The van der Waals surface area contributed by atoms with Gasteiger partial charge >= 0.3 is 0 Å². The molecule has 4 heteroatoms. The third-order valence-corrected chi connectivity index (χ3v) is 8.14. The Kier molecular flexibility index (Phi) is 7.41. The molecule has 0 amide bonds. The van der Waals surface area contributed by atoms with Crippen LogP contribution in [0.2, 0.25) is 0 Å². The van der Waals surface area contributed by atoms with E-state index in [-0.39, 0.29) is 17.0 Å². The Morgan fingerprint density at radius 3 is 2.00 bits per heavy atom. The normalized spacial score (nSPS) is 18.8. The minimum Gasteiger partial charge on any atom is -0.364 e. The van der Waals surface area contributed by atoms with Gasteiger partial charge in [-0.15, -0.1) is 0 Å². The predicted molar refractivity (Wildman–Crippen MR) is 160 cm³/mol. The van der Waals surface area contributed by atoms with E-state index in [0.29, 0.717) is 0 Å². The molecule has 0 fully saturated rings. The molecule has 1 aliphatic carbocycles. The molecule has 2 unspecified atom stereocenters. The molecule has 4 nitrogen and oxygen atoms in total. The number of aromatic nitrogens is 2. The minimum absolute atomic E-state index is 0.0810. The highest BCUT2D eigenvalue weighted by atomic mass is 15.2. The van der Waals surface area contributed by atoms with Gasteiger partial charge in [0.05, 0.1) is 11.7 Å². The molecule has 0 aliphatic heterocycles. The average Bonchev–Trinajstić information content (AvgIpc) is 2.99. The van der Waals surface area contributed by atoms with Crippen LogP contribution in [-0.2, 0) is 0 Å². The number of hydrogen-bond donors (Lipinski definition) is 1. The molecule has 38 heavy (non-hydrogen) atoms. The Morgan fingerprint density at radius 2 is 1.45 bits per heavy atom. The van der Waals surface area contributed by atoms with Gasteiger partial charge in [0, 0.05) is 40.3 Å². The lowest BCUT2D eigenvalue weighted by molar-refractivity contribution is 0.187. The van der Waals surface area contributed by atoms with Crippen LogP contribution in [0.4, 0.5) is 17.2 Å². The van der Waals surface area contributed by atoms with E-state index in [2.05, 4.69) is 133 Å². The van der Waals surface area contributed by atoms with Crippen molar-refractivity contribution in [2.24, 2.45) is 5.41 Å². The van der Waals surface area contributed by atoms with Crippen LogP contribution >= 0.6 is 0 Å². The highest BCUT2D eigenvalue weighted by Gasteiger charge is 2.51. The van der Waals surface area contributed by atoms with Crippen LogP contribution in [0.5, 0.6) is 0 Å². The van der Waals surface area contributed by atoms with Crippen molar-refractivity contribution in [1.29, 1.82) is 0 Å². The van der Waals surface area contributed by atoms with E-state index < -0.39 is 0 Å². The smallest absolute Gasteiger partial charge is 0.126 e. The fraction of sp³-hybridized carbons (Fsp3) is 0.235.